The van der Waals surface area contributed by atoms with E-state index in [-0.39, 0.29) is 35.2 Å². The molecule has 0 N–H and O–H groups in total. The van der Waals surface area contributed by atoms with Crippen molar-refractivity contribution < 1.29 is 22.7 Å². The average Bonchev–Trinajstić information content (AvgIpc) is 2.89. The van der Waals surface area contributed by atoms with Crippen LogP contribution in [-0.4, -0.2) is 12.4 Å². The standard InChI is InChI=1S/C33H49F3O2/c1-4-6-23-7-11-25(12-8-23)27-15-17-28(18-16-27)26-13-9-24(10-14-26)21-30(37)29-19-20-31(38-5-2)32(22(29)3)33(34,35)36/h19-20,23-28H,4-18,21H2,1-3H3. The second-order valence-corrected chi connectivity index (χ2v) is 12.7. The van der Waals surface area contributed by atoms with Crippen LogP contribution in [0.5, 0.6) is 5.75 Å². The normalized spacial score (nSPS) is 30.7. The number of carbonyl (C=O) groups excluding carboxylic acids is 1. The largest absolute Gasteiger partial charge is 0.493 e. The van der Waals surface area contributed by atoms with Crippen LogP contribution in [-0.2, 0) is 6.18 Å². The van der Waals surface area contributed by atoms with Crippen LogP contribution in [0, 0.1) is 42.4 Å². The van der Waals surface area contributed by atoms with Gasteiger partial charge in [0.2, 0.25) is 0 Å². The van der Waals surface area contributed by atoms with Gasteiger partial charge in [0.05, 0.1) is 6.61 Å². The second kappa shape index (κ2) is 13.2. The van der Waals surface area contributed by atoms with Gasteiger partial charge in [0.25, 0.3) is 0 Å². The minimum atomic E-state index is -4.55. The van der Waals surface area contributed by atoms with E-state index in [1.165, 1.54) is 96.1 Å². The molecule has 3 aliphatic carbocycles. The summed E-state index contributed by atoms with van der Waals surface area (Å²) < 4.78 is 46.4. The molecule has 3 aliphatic rings. The van der Waals surface area contributed by atoms with Crippen molar-refractivity contribution in [3.8, 4) is 5.75 Å². The van der Waals surface area contributed by atoms with Gasteiger partial charge in [-0.1, -0.05) is 32.6 Å². The molecule has 0 heterocycles. The van der Waals surface area contributed by atoms with Crippen LogP contribution in [0.1, 0.15) is 132 Å². The number of ketones is 1. The van der Waals surface area contributed by atoms with Gasteiger partial charge in [-0.05, 0) is 131 Å². The van der Waals surface area contributed by atoms with Gasteiger partial charge in [0.1, 0.15) is 11.3 Å². The summed E-state index contributed by atoms with van der Waals surface area (Å²) in [5, 5.41) is 0. The molecule has 0 aliphatic heterocycles. The Balaban J connectivity index is 1.24. The smallest absolute Gasteiger partial charge is 0.420 e. The van der Waals surface area contributed by atoms with Crippen LogP contribution >= 0.6 is 0 Å². The van der Waals surface area contributed by atoms with Crippen LogP contribution in [0.2, 0.25) is 0 Å². The van der Waals surface area contributed by atoms with Crippen molar-refractivity contribution in [3.05, 3.63) is 28.8 Å². The van der Waals surface area contributed by atoms with Crippen LogP contribution in [0.25, 0.3) is 0 Å². The number of hydrogen-bond acceptors (Lipinski definition) is 2. The Hall–Kier alpha value is -1.52. The van der Waals surface area contributed by atoms with Gasteiger partial charge in [-0.3, -0.25) is 4.79 Å². The molecular formula is C33H49F3O2. The lowest BCUT2D eigenvalue weighted by Gasteiger charge is -2.41. The van der Waals surface area contributed by atoms with Gasteiger partial charge in [0.15, 0.2) is 5.78 Å². The summed E-state index contributed by atoms with van der Waals surface area (Å²) in [6, 6.07) is 2.84. The highest BCUT2D eigenvalue weighted by Crippen LogP contribution is 2.47. The first-order valence-corrected chi connectivity index (χ1v) is 15.6. The highest BCUT2D eigenvalue weighted by molar-refractivity contribution is 5.98. The maximum atomic E-state index is 13.7. The zero-order chi connectivity index (χ0) is 27.3. The lowest BCUT2D eigenvalue weighted by molar-refractivity contribution is -0.139. The topological polar surface area (TPSA) is 26.3 Å². The van der Waals surface area contributed by atoms with Gasteiger partial charge in [-0.25, -0.2) is 0 Å². The summed E-state index contributed by atoms with van der Waals surface area (Å²) >= 11 is 0. The number of ether oxygens (including phenoxy) is 1. The maximum Gasteiger partial charge on any atom is 0.420 e. The summed E-state index contributed by atoms with van der Waals surface area (Å²) in [6.07, 6.45) is 14.3. The third-order valence-electron chi connectivity index (χ3n) is 10.4. The number of Topliss-reactive ketones (excluding diaryl/α,β-unsaturated/α-hetero) is 1. The fourth-order valence-electron chi connectivity index (χ4n) is 8.30. The number of hydrogen-bond donors (Lipinski definition) is 0. The summed E-state index contributed by atoms with van der Waals surface area (Å²) in [5.41, 5.74) is -0.610. The van der Waals surface area contributed by atoms with E-state index < -0.39 is 11.7 Å². The van der Waals surface area contributed by atoms with Crippen molar-refractivity contribution in [2.75, 3.05) is 6.61 Å². The molecule has 1 aromatic carbocycles. The van der Waals surface area contributed by atoms with E-state index in [9.17, 15) is 18.0 Å². The SMILES string of the molecule is CCCC1CCC(C2CCC(C3CCC(CC(=O)c4ccc(OCC)c(C(F)(F)F)c4C)CC3)CC2)CC1. The zero-order valence-corrected chi connectivity index (χ0v) is 23.9. The molecular weight excluding hydrogens is 485 g/mol. The highest BCUT2D eigenvalue weighted by atomic mass is 19.4. The Labute approximate surface area is 228 Å². The summed E-state index contributed by atoms with van der Waals surface area (Å²) in [7, 11) is 0. The van der Waals surface area contributed by atoms with Gasteiger partial charge < -0.3 is 4.74 Å². The first kappa shape index (κ1) is 29.5. The van der Waals surface area contributed by atoms with Gasteiger partial charge in [0, 0.05) is 12.0 Å². The van der Waals surface area contributed by atoms with Crippen LogP contribution in [0.4, 0.5) is 13.2 Å². The summed E-state index contributed by atoms with van der Waals surface area (Å²) in [4.78, 5) is 13.1. The summed E-state index contributed by atoms with van der Waals surface area (Å²) in [6.45, 7) is 5.54. The van der Waals surface area contributed by atoms with E-state index in [0.29, 0.717) is 6.42 Å². The fourth-order valence-corrected chi connectivity index (χ4v) is 8.30. The Morgan fingerprint density at radius 3 is 1.71 bits per heavy atom. The molecule has 0 bridgehead atoms. The van der Waals surface area contributed by atoms with E-state index in [1.807, 2.05) is 0 Å². The Bertz CT molecular complexity index is 900. The third-order valence-corrected chi connectivity index (χ3v) is 10.4. The lowest BCUT2D eigenvalue weighted by Crippen LogP contribution is -2.30. The van der Waals surface area contributed by atoms with E-state index in [1.54, 1.807) is 6.92 Å². The first-order valence-electron chi connectivity index (χ1n) is 15.6. The molecule has 0 aromatic heterocycles. The molecule has 0 saturated heterocycles. The number of rotatable bonds is 9. The predicted molar refractivity (Wildman–Crippen MR) is 148 cm³/mol. The third kappa shape index (κ3) is 7.16. The zero-order valence-electron chi connectivity index (χ0n) is 23.9. The van der Waals surface area contributed by atoms with Crippen molar-refractivity contribution >= 4 is 5.78 Å². The predicted octanol–water partition coefficient (Wildman–Crippen LogP) is 10.2. The second-order valence-electron chi connectivity index (χ2n) is 12.7. The van der Waals surface area contributed by atoms with E-state index in [4.69, 9.17) is 4.74 Å². The van der Waals surface area contributed by atoms with Crippen molar-refractivity contribution in [3.63, 3.8) is 0 Å². The van der Waals surface area contributed by atoms with Crippen molar-refractivity contribution in [2.45, 2.75) is 123 Å². The van der Waals surface area contributed by atoms with Gasteiger partial charge in [-0.15, -0.1) is 0 Å². The average molecular weight is 535 g/mol. The quantitative estimate of drug-likeness (QED) is 0.295. The van der Waals surface area contributed by atoms with Crippen molar-refractivity contribution in [2.24, 2.45) is 35.5 Å². The molecule has 4 rings (SSSR count). The maximum absolute atomic E-state index is 13.7. The number of alkyl halides is 3. The van der Waals surface area contributed by atoms with Crippen molar-refractivity contribution in [1.82, 2.24) is 0 Å². The molecule has 2 nitrogen and oxygen atoms in total. The van der Waals surface area contributed by atoms with Crippen molar-refractivity contribution in [1.29, 1.82) is 0 Å². The molecule has 3 fully saturated rings. The Morgan fingerprint density at radius 1 is 0.789 bits per heavy atom. The minimum Gasteiger partial charge on any atom is -0.493 e. The number of carbonyl (C=O) groups is 1. The molecule has 0 radical (unpaired) electrons. The van der Waals surface area contributed by atoms with Gasteiger partial charge >= 0.3 is 6.18 Å². The minimum absolute atomic E-state index is 0.00209. The number of halogens is 3. The molecule has 5 heteroatoms. The molecule has 0 unspecified atom stereocenters. The van der Waals surface area contributed by atoms with E-state index in [0.717, 1.165) is 42.4 Å². The molecule has 0 atom stereocenters. The molecule has 0 amide bonds. The molecule has 214 valence electrons. The molecule has 0 spiro atoms. The van der Waals surface area contributed by atoms with E-state index >= 15 is 0 Å². The van der Waals surface area contributed by atoms with Gasteiger partial charge in [-0.2, -0.15) is 13.2 Å². The van der Waals surface area contributed by atoms with E-state index in [2.05, 4.69) is 6.92 Å². The van der Waals surface area contributed by atoms with Crippen LogP contribution in [0.3, 0.4) is 0 Å². The Morgan fingerprint density at radius 2 is 1.26 bits per heavy atom. The Kier molecular flexibility index (Phi) is 10.3. The lowest BCUT2D eigenvalue weighted by atomic mass is 9.64. The molecule has 38 heavy (non-hydrogen) atoms. The monoisotopic (exact) mass is 534 g/mol. The fraction of sp³-hybridized carbons (Fsp3) is 0.788. The summed E-state index contributed by atoms with van der Waals surface area (Å²) in [5.74, 6) is 4.45. The first-order chi connectivity index (χ1) is 18.2. The number of benzene rings is 1. The van der Waals surface area contributed by atoms with Crippen LogP contribution < -0.4 is 4.74 Å². The molecule has 1 aromatic rings. The molecule has 3 saturated carbocycles. The highest BCUT2D eigenvalue weighted by Gasteiger charge is 2.38. The van der Waals surface area contributed by atoms with Crippen LogP contribution in [0.15, 0.2) is 12.1 Å².